The summed E-state index contributed by atoms with van der Waals surface area (Å²) in [5.41, 5.74) is 1.88. The number of hydrogen-bond donors (Lipinski definition) is 1. The van der Waals surface area contributed by atoms with Gasteiger partial charge < -0.3 is 15.0 Å². The van der Waals surface area contributed by atoms with Crippen molar-refractivity contribution in [1.29, 1.82) is 0 Å². The van der Waals surface area contributed by atoms with E-state index in [1.807, 2.05) is 46.7 Å². The van der Waals surface area contributed by atoms with Crippen LogP contribution in [0.15, 0.2) is 60.0 Å². The molecule has 1 aliphatic heterocycles. The number of nitrogens with one attached hydrogen (secondary N) is 1. The minimum atomic E-state index is -0.554. The van der Waals surface area contributed by atoms with Crippen molar-refractivity contribution in [3.8, 4) is 5.75 Å². The molecule has 1 aliphatic carbocycles. The highest BCUT2D eigenvalue weighted by Crippen LogP contribution is 2.47. The van der Waals surface area contributed by atoms with Crippen molar-refractivity contribution in [2.45, 2.75) is 43.7 Å². The molecular weight excluding hydrogens is 456 g/mol. The third-order valence-electron chi connectivity index (χ3n) is 6.63. The van der Waals surface area contributed by atoms with Crippen molar-refractivity contribution in [2.24, 2.45) is 0 Å². The molecular formula is C26H25ClN2O3S. The van der Waals surface area contributed by atoms with Crippen LogP contribution < -0.4 is 10.1 Å². The van der Waals surface area contributed by atoms with E-state index in [4.69, 9.17) is 16.3 Å². The maximum Gasteiger partial charge on any atom is 0.254 e. The summed E-state index contributed by atoms with van der Waals surface area (Å²) in [5.74, 6) is -0.188. The lowest BCUT2D eigenvalue weighted by Gasteiger charge is -2.44. The summed E-state index contributed by atoms with van der Waals surface area (Å²) in [5, 5.41) is 5.56. The zero-order chi connectivity index (χ0) is 22.9. The van der Waals surface area contributed by atoms with Crippen molar-refractivity contribution in [2.75, 3.05) is 12.4 Å². The van der Waals surface area contributed by atoms with Crippen molar-refractivity contribution < 1.29 is 14.3 Å². The number of ether oxygens (including phenoxy) is 1. The number of hydrogen-bond acceptors (Lipinski definition) is 4. The van der Waals surface area contributed by atoms with Crippen LogP contribution in [-0.2, 0) is 4.79 Å². The molecule has 2 amide bonds. The number of nitrogens with zero attached hydrogens (tertiary/aromatic N) is 1. The lowest BCUT2D eigenvalue weighted by atomic mass is 9.80. The van der Waals surface area contributed by atoms with Crippen LogP contribution in [0.25, 0.3) is 0 Å². The van der Waals surface area contributed by atoms with Gasteiger partial charge in [-0.3, -0.25) is 9.59 Å². The van der Waals surface area contributed by atoms with E-state index in [-0.39, 0.29) is 23.9 Å². The van der Waals surface area contributed by atoms with E-state index in [0.29, 0.717) is 22.0 Å². The Morgan fingerprint density at radius 2 is 1.91 bits per heavy atom. The Labute approximate surface area is 202 Å². The Morgan fingerprint density at radius 1 is 1.12 bits per heavy atom. The molecule has 2 atom stereocenters. The third kappa shape index (κ3) is 4.02. The van der Waals surface area contributed by atoms with Crippen molar-refractivity contribution in [3.05, 3.63) is 81.0 Å². The van der Waals surface area contributed by atoms with Gasteiger partial charge in [0.15, 0.2) is 0 Å². The largest absolute Gasteiger partial charge is 0.495 e. The zero-order valence-corrected chi connectivity index (χ0v) is 19.9. The summed E-state index contributed by atoms with van der Waals surface area (Å²) < 4.78 is 5.44. The predicted molar refractivity (Wildman–Crippen MR) is 131 cm³/mol. The van der Waals surface area contributed by atoms with Gasteiger partial charge in [0.1, 0.15) is 5.75 Å². The molecule has 0 bridgehead atoms. The number of fused-ring (bicyclic) bond motifs is 1. The van der Waals surface area contributed by atoms with Crippen LogP contribution in [0.3, 0.4) is 0 Å². The molecule has 7 heteroatoms. The highest BCUT2D eigenvalue weighted by atomic mass is 35.5. The van der Waals surface area contributed by atoms with Gasteiger partial charge in [0, 0.05) is 21.5 Å². The molecule has 170 valence electrons. The first kappa shape index (κ1) is 22.0. The van der Waals surface area contributed by atoms with E-state index in [2.05, 4.69) is 5.32 Å². The van der Waals surface area contributed by atoms with E-state index >= 15 is 0 Å². The van der Waals surface area contributed by atoms with E-state index in [9.17, 15) is 9.59 Å². The van der Waals surface area contributed by atoms with E-state index in [0.717, 1.165) is 36.1 Å². The number of benzene rings is 2. The monoisotopic (exact) mass is 480 g/mol. The molecule has 2 aliphatic rings. The second-order valence-electron chi connectivity index (χ2n) is 8.51. The molecule has 1 N–H and O–H groups in total. The van der Waals surface area contributed by atoms with Crippen molar-refractivity contribution in [1.82, 2.24) is 4.90 Å². The minimum absolute atomic E-state index is 0.0142. The van der Waals surface area contributed by atoms with Gasteiger partial charge in [0.2, 0.25) is 5.91 Å². The Balaban J connectivity index is 1.62. The van der Waals surface area contributed by atoms with Crippen LogP contribution in [-0.4, -0.2) is 29.9 Å². The first-order valence-electron chi connectivity index (χ1n) is 11.2. The smallest absolute Gasteiger partial charge is 0.254 e. The van der Waals surface area contributed by atoms with E-state index < -0.39 is 5.92 Å². The average Bonchev–Trinajstić information content (AvgIpc) is 3.53. The standard InChI is InChI=1S/C26H25ClN2O3S/c1-32-21-13-12-16(27)15-20(21)28-25(30)23-18-9-4-5-10-19(18)26(31)29(17-7-2-3-8-17)24(23)22-11-6-14-33-22/h4-6,9-15,17,23-24H,2-3,7-8H2,1H3,(H,28,30)/t23-,24-/m1/s1. The highest BCUT2D eigenvalue weighted by Gasteiger charge is 2.47. The summed E-state index contributed by atoms with van der Waals surface area (Å²) in [6.45, 7) is 0. The van der Waals surface area contributed by atoms with Gasteiger partial charge in [-0.05, 0) is 54.1 Å². The number of thiophene rings is 1. The molecule has 2 heterocycles. The Hall–Kier alpha value is -2.83. The number of halogens is 1. The fourth-order valence-electron chi connectivity index (χ4n) is 5.17. The van der Waals surface area contributed by atoms with E-state index in [1.165, 1.54) is 0 Å². The lowest BCUT2D eigenvalue weighted by molar-refractivity contribution is -0.119. The van der Waals surface area contributed by atoms with Crippen molar-refractivity contribution >= 4 is 40.4 Å². The average molecular weight is 481 g/mol. The summed E-state index contributed by atoms with van der Waals surface area (Å²) in [6, 6.07) is 16.4. The van der Waals surface area contributed by atoms with Crippen LogP contribution in [0.1, 0.15) is 58.4 Å². The summed E-state index contributed by atoms with van der Waals surface area (Å²) in [6.07, 6.45) is 4.13. The normalized spacial score (nSPS) is 20.5. The number of carbonyl (C=O) groups excluding carboxylic acids is 2. The number of anilines is 1. The molecule has 1 saturated carbocycles. The van der Waals surface area contributed by atoms with Gasteiger partial charge in [-0.1, -0.05) is 48.7 Å². The summed E-state index contributed by atoms with van der Waals surface area (Å²) >= 11 is 7.79. The fraction of sp³-hybridized carbons (Fsp3) is 0.308. The number of carbonyl (C=O) groups is 2. The van der Waals surface area contributed by atoms with Gasteiger partial charge in [-0.15, -0.1) is 11.3 Å². The first-order chi connectivity index (χ1) is 16.1. The van der Waals surface area contributed by atoms with Crippen LogP contribution >= 0.6 is 22.9 Å². The number of amides is 2. The quantitative estimate of drug-likeness (QED) is 0.468. The Bertz CT molecular complexity index is 1170. The molecule has 1 aromatic heterocycles. The molecule has 0 spiro atoms. The van der Waals surface area contributed by atoms with Gasteiger partial charge >= 0.3 is 0 Å². The van der Waals surface area contributed by atoms with Crippen LogP contribution in [0.4, 0.5) is 5.69 Å². The van der Waals surface area contributed by atoms with Gasteiger partial charge in [0.05, 0.1) is 24.8 Å². The van der Waals surface area contributed by atoms with Crippen LogP contribution in [0.5, 0.6) is 5.75 Å². The minimum Gasteiger partial charge on any atom is -0.495 e. The fourth-order valence-corrected chi connectivity index (χ4v) is 6.20. The molecule has 0 unspecified atom stereocenters. The van der Waals surface area contributed by atoms with Crippen molar-refractivity contribution in [3.63, 3.8) is 0 Å². The van der Waals surface area contributed by atoms with E-state index in [1.54, 1.807) is 36.6 Å². The zero-order valence-electron chi connectivity index (χ0n) is 18.3. The first-order valence-corrected chi connectivity index (χ1v) is 12.4. The highest BCUT2D eigenvalue weighted by molar-refractivity contribution is 7.10. The maximum atomic E-state index is 13.9. The molecule has 1 fully saturated rings. The second kappa shape index (κ2) is 9.20. The van der Waals surface area contributed by atoms with Gasteiger partial charge in [-0.2, -0.15) is 0 Å². The Morgan fingerprint density at radius 3 is 2.64 bits per heavy atom. The molecule has 5 rings (SSSR count). The number of rotatable bonds is 5. The molecule has 0 saturated heterocycles. The third-order valence-corrected chi connectivity index (χ3v) is 7.81. The predicted octanol–water partition coefficient (Wildman–Crippen LogP) is 6.27. The van der Waals surface area contributed by atoms with Gasteiger partial charge in [-0.25, -0.2) is 0 Å². The number of methoxy groups -OCH3 is 1. The Kier molecular flexibility index (Phi) is 6.13. The van der Waals surface area contributed by atoms with Crippen LogP contribution in [0, 0.1) is 0 Å². The summed E-state index contributed by atoms with van der Waals surface area (Å²) in [7, 11) is 1.56. The topological polar surface area (TPSA) is 58.6 Å². The molecule has 3 aromatic rings. The molecule has 2 aromatic carbocycles. The molecule has 33 heavy (non-hydrogen) atoms. The summed E-state index contributed by atoms with van der Waals surface area (Å²) in [4.78, 5) is 30.7. The SMILES string of the molecule is COc1ccc(Cl)cc1NC(=O)[C@@H]1c2ccccc2C(=O)N(C2CCCC2)[C@@H]1c1cccs1. The van der Waals surface area contributed by atoms with Crippen LogP contribution in [0.2, 0.25) is 5.02 Å². The second-order valence-corrected chi connectivity index (χ2v) is 9.93. The molecule has 0 radical (unpaired) electrons. The van der Waals surface area contributed by atoms with Gasteiger partial charge in [0.25, 0.3) is 5.91 Å². The maximum absolute atomic E-state index is 13.9. The molecule has 5 nitrogen and oxygen atoms in total. The lowest BCUT2D eigenvalue weighted by Crippen LogP contribution is -2.49.